The molecule has 2 N–H and O–H groups in total. The molecule has 0 bridgehead atoms. The van der Waals surface area contributed by atoms with Gasteiger partial charge in [0.1, 0.15) is 5.82 Å². The maximum Gasteiger partial charge on any atom is 0.419 e. The van der Waals surface area contributed by atoms with Crippen LogP contribution in [0.3, 0.4) is 0 Å². The van der Waals surface area contributed by atoms with Gasteiger partial charge in [-0.1, -0.05) is 65.2 Å². The number of halogens is 8. The molecule has 208 valence electrons. The molecular weight excluding hydrogens is 593 g/mol. The average Bonchev–Trinajstić information content (AvgIpc) is 3.35. The Morgan fingerprint density at radius 2 is 1.46 bits per heavy atom. The Bertz CT molecular complexity index is 1320. The van der Waals surface area contributed by atoms with Gasteiger partial charge in [-0.3, -0.25) is 0 Å². The van der Waals surface area contributed by atoms with Crippen molar-refractivity contribution in [2.75, 3.05) is 0 Å². The molecule has 3 nitrogen and oxygen atoms in total. The van der Waals surface area contributed by atoms with Crippen LogP contribution in [0.5, 0.6) is 0 Å². The number of hydrogen-bond acceptors (Lipinski definition) is 1. The minimum atomic E-state index is -5.08. The Kier molecular flexibility index (Phi) is 8.30. The summed E-state index contributed by atoms with van der Waals surface area (Å²) < 4.78 is 97.2. The summed E-state index contributed by atoms with van der Waals surface area (Å²) in [5.74, 6) is -1.54. The van der Waals surface area contributed by atoms with Gasteiger partial charge in [0, 0.05) is 16.9 Å². The van der Waals surface area contributed by atoms with Crippen molar-refractivity contribution in [1.82, 2.24) is 10.6 Å². The Morgan fingerprint density at radius 1 is 0.821 bits per heavy atom. The fourth-order valence-corrected chi connectivity index (χ4v) is 5.45. The molecule has 0 saturated heterocycles. The van der Waals surface area contributed by atoms with E-state index in [2.05, 4.69) is 26.6 Å². The van der Waals surface area contributed by atoms with E-state index in [0.717, 1.165) is 31.0 Å². The zero-order valence-electron chi connectivity index (χ0n) is 20.4. The molecule has 0 spiro atoms. The molecule has 2 amide bonds. The first kappa shape index (κ1) is 28.9. The van der Waals surface area contributed by atoms with Crippen molar-refractivity contribution in [1.29, 1.82) is 0 Å². The third-order valence-electron chi connectivity index (χ3n) is 6.81. The Hall–Kier alpha value is -3.08. The van der Waals surface area contributed by atoms with Crippen LogP contribution in [0.1, 0.15) is 53.5 Å². The van der Waals surface area contributed by atoms with Crippen molar-refractivity contribution < 1.29 is 35.5 Å². The number of carbonyl (C=O) groups excluding carboxylic acids is 1. The summed E-state index contributed by atoms with van der Waals surface area (Å²) in [6.07, 6.45) is -6.93. The van der Waals surface area contributed by atoms with Gasteiger partial charge in [-0.15, -0.1) is 0 Å². The van der Waals surface area contributed by atoms with Crippen LogP contribution in [0.25, 0.3) is 0 Å². The van der Waals surface area contributed by atoms with Crippen molar-refractivity contribution >= 4 is 22.0 Å². The van der Waals surface area contributed by atoms with Crippen molar-refractivity contribution in [3.05, 3.63) is 105 Å². The quantitative estimate of drug-likeness (QED) is 0.268. The third-order valence-corrected chi connectivity index (χ3v) is 7.27. The predicted octanol–water partition coefficient (Wildman–Crippen LogP) is 8.35. The average molecular weight is 617 g/mol. The second kappa shape index (κ2) is 11.2. The number of rotatable bonds is 6. The van der Waals surface area contributed by atoms with Gasteiger partial charge in [0.15, 0.2) is 0 Å². The summed E-state index contributed by atoms with van der Waals surface area (Å²) in [6.45, 7) is 0. The van der Waals surface area contributed by atoms with Gasteiger partial charge in [-0.2, -0.15) is 26.3 Å². The highest BCUT2D eigenvalue weighted by Gasteiger charge is 2.42. The lowest BCUT2D eigenvalue weighted by atomic mass is 9.77. The van der Waals surface area contributed by atoms with Gasteiger partial charge in [0.05, 0.1) is 16.7 Å². The molecule has 4 rings (SSSR count). The molecule has 1 atom stereocenters. The number of benzene rings is 3. The van der Waals surface area contributed by atoms with E-state index in [1.54, 1.807) is 30.3 Å². The summed E-state index contributed by atoms with van der Waals surface area (Å²) in [7, 11) is 0. The van der Waals surface area contributed by atoms with Crippen LogP contribution in [-0.2, 0) is 24.3 Å². The van der Waals surface area contributed by atoms with Crippen molar-refractivity contribution in [3.8, 4) is 0 Å². The summed E-state index contributed by atoms with van der Waals surface area (Å²) in [5.41, 5.74) is -4.45. The first-order valence-electron chi connectivity index (χ1n) is 12.2. The molecule has 0 unspecified atom stereocenters. The van der Waals surface area contributed by atoms with Gasteiger partial charge in [0.25, 0.3) is 0 Å². The second-order valence-electron chi connectivity index (χ2n) is 9.57. The standard InChI is InChI=1S/C28H24BrF7N2O/c29-21-13-19(12-20(14-21)27(31,32)33)26(16-17-6-2-1-3-7-17,38-25(39)37-22-8-4-5-9-22)18-10-11-24(30)23(15-18)28(34,35)36/h1-3,6-7,10-15,22H,4-5,8-9,16H2,(H2,37,38,39)/t26-/m1/s1. The highest BCUT2D eigenvalue weighted by molar-refractivity contribution is 9.10. The topological polar surface area (TPSA) is 41.1 Å². The first-order valence-corrected chi connectivity index (χ1v) is 13.0. The van der Waals surface area contributed by atoms with Gasteiger partial charge in [-0.05, 0) is 59.9 Å². The molecular formula is C28H24BrF7N2O. The molecule has 11 heteroatoms. The van der Waals surface area contributed by atoms with Crippen molar-refractivity contribution in [3.63, 3.8) is 0 Å². The molecule has 39 heavy (non-hydrogen) atoms. The van der Waals surface area contributed by atoms with Crippen LogP contribution in [0.2, 0.25) is 0 Å². The molecule has 0 radical (unpaired) electrons. The highest BCUT2D eigenvalue weighted by Crippen LogP contribution is 2.41. The van der Waals surface area contributed by atoms with Crippen LogP contribution >= 0.6 is 15.9 Å². The Morgan fingerprint density at radius 3 is 2.08 bits per heavy atom. The second-order valence-corrected chi connectivity index (χ2v) is 10.5. The fourth-order valence-electron chi connectivity index (χ4n) is 4.95. The summed E-state index contributed by atoms with van der Waals surface area (Å²) in [6, 6.07) is 12.5. The van der Waals surface area contributed by atoms with Gasteiger partial charge < -0.3 is 10.6 Å². The third kappa shape index (κ3) is 6.74. The summed E-state index contributed by atoms with van der Waals surface area (Å²) >= 11 is 3.08. The molecule has 1 aliphatic rings. The minimum absolute atomic E-state index is 0.000851. The SMILES string of the molecule is O=C(NC1CCCC1)N[C@@](Cc1ccccc1)(c1cc(Br)cc(C(F)(F)F)c1)c1ccc(F)c(C(F)(F)F)c1. The smallest absolute Gasteiger partial charge is 0.335 e. The van der Waals surface area contributed by atoms with E-state index in [4.69, 9.17) is 0 Å². The zero-order valence-corrected chi connectivity index (χ0v) is 22.0. The highest BCUT2D eigenvalue weighted by atomic mass is 79.9. The number of carbonyl (C=O) groups is 1. The van der Waals surface area contributed by atoms with Crippen molar-refractivity contribution in [2.24, 2.45) is 0 Å². The lowest BCUT2D eigenvalue weighted by Crippen LogP contribution is -2.53. The molecule has 1 aliphatic carbocycles. The summed E-state index contributed by atoms with van der Waals surface area (Å²) in [5, 5.41) is 5.51. The molecule has 1 saturated carbocycles. The number of amides is 2. The number of urea groups is 1. The van der Waals surface area contributed by atoms with Crippen LogP contribution in [0.15, 0.2) is 71.2 Å². The predicted molar refractivity (Wildman–Crippen MR) is 135 cm³/mol. The molecule has 3 aromatic carbocycles. The lowest BCUT2D eigenvalue weighted by Gasteiger charge is -2.37. The van der Waals surface area contributed by atoms with Crippen molar-refractivity contribution in [2.45, 2.75) is 56.0 Å². The summed E-state index contributed by atoms with van der Waals surface area (Å²) in [4.78, 5) is 13.3. The van der Waals surface area contributed by atoms with E-state index in [0.29, 0.717) is 30.5 Å². The molecule has 1 fully saturated rings. The normalized spacial score (nSPS) is 16.1. The van der Waals surface area contributed by atoms with E-state index in [9.17, 15) is 35.5 Å². The van der Waals surface area contributed by atoms with Crippen LogP contribution in [-0.4, -0.2) is 12.1 Å². The first-order chi connectivity index (χ1) is 18.3. The van der Waals surface area contributed by atoms with Gasteiger partial charge in [-0.25, -0.2) is 9.18 Å². The zero-order chi connectivity index (χ0) is 28.4. The lowest BCUT2D eigenvalue weighted by molar-refractivity contribution is -0.140. The number of alkyl halides is 6. The van der Waals surface area contributed by atoms with E-state index in [1.165, 1.54) is 6.07 Å². The molecule has 0 aliphatic heterocycles. The Balaban J connectivity index is 1.98. The maximum atomic E-state index is 14.3. The minimum Gasteiger partial charge on any atom is -0.335 e. The van der Waals surface area contributed by atoms with Gasteiger partial charge >= 0.3 is 18.4 Å². The largest absolute Gasteiger partial charge is 0.419 e. The van der Waals surface area contributed by atoms with E-state index < -0.39 is 40.9 Å². The maximum absolute atomic E-state index is 14.3. The van der Waals surface area contributed by atoms with E-state index in [1.807, 2.05) is 0 Å². The monoisotopic (exact) mass is 616 g/mol. The van der Waals surface area contributed by atoms with Gasteiger partial charge in [0.2, 0.25) is 0 Å². The Labute approximate surface area is 228 Å². The van der Waals surface area contributed by atoms with E-state index in [-0.39, 0.29) is 28.1 Å². The fraction of sp³-hybridized carbons (Fsp3) is 0.321. The van der Waals surface area contributed by atoms with Crippen LogP contribution in [0, 0.1) is 5.82 Å². The molecule has 0 aromatic heterocycles. The number of hydrogen-bond donors (Lipinski definition) is 2. The molecule has 3 aromatic rings. The van der Waals surface area contributed by atoms with E-state index >= 15 is 0 Å². The van der Waals surface area contributed by atoms with Crippen LogP contribution in [0.4, 0.5) is 35.5 Å². The van der Waals surface area contributed by atoms with Crippen LogP contribution < -0.4 is 10.6 Å². The number of nitrogens with one attached hydrogen (secondary N) is 2. The molecule has 0 heterocycles.